The van der Waals surface area contributed by atoms with Crippen LogP contribution < -0.4 is 0 Å². The van der Waals surface area contributed by atoms with Gasteiger partial charge in [-0.05, 0) is 43.9 Å². The van der Waals surface area contributed by atoms with Crippen LogP contribution in [0.2, 0.25) is 0 Å². The van der Waals surface area contributed by atoms with Gasteiger partial charge in [0.1, 0.15) is 0 Å². The molecule has 0 aromatic heterocycles. The summed E-state index contributed by atoms with van der Waals surface area (Å²) in [5.41, 5.74) is -0.656. The molecule has 0 saturated heterocycles. The third-order valence-electron chi connectivity index (χ3n) is 4.36. The fourth-order valence-electron chi connectivity index (χ4n) is 3.20. The molecule has 4 atom stereocenters. The lowest BCUT2D eigenvalue weighted by molar-refractivity contribution is -0.104. The third kappa shape index (κ3) is 4.89. The summed E-state index contributed by atoms with van der Waals surface area (Å²) in [6.45, 7) is 11.4. The third-order valence-corrected chi connectivity index (χ3v) is 4.36. The first-order chi connectivity index (χ1) is 8.35. The van der Waals surface area contributed by atoms with Gasteiger partial charge in [0, 0.05) is 0 Å². The van der Waals surface area contributed by atoms with E-state index >= 15 is 0 Å². The van der Waals surface area contributed by atoms with Gasteiger partial charge in [0.15, 0.2) is 0 Å². The molecule has 0 bridgehead atoms. The number of aliphatic hydroxyl groups is 1. The van der Waals surface area contributed by atoms with Crippen LogP contribution in [0.4, 0.5) is 0 Å². The van der Waals surface area contributed by atoms with Crippen molar-refractivity contribution < 1.29 is 9.84 Å². The standard InChI is InChI=1S/C16H32O2/c1-6-9-16(5,17)11-18-15-10-13(4)7-8-14(15)12(2)3/h12-15,17H,6-11H2,1-5H3. The smallest absolute Gasteiger partial charge is 0.0852 e. The van der Waals surface area contributed by atoms with E-state index in [2.05, 4.69) is 27.7 Å². The Balaban J connectivity index is 2.50. The summed E-state index contributed by atoms with van der Waals surface area (Å²) in [5.74, 6) is 2.11. The minimum atomic E-state index is -0.656. The molecule has 1 rings (SSSR count). The van der Waals surface area contributed by atoms with Gasteiger partial charge in [-0.1, -0.05) is 40.5 Å². The van der Waals surface area contributed by atoms with Crippen molar-refractivity contribution in [2.75, 3.05) is 6.61 Å². The van der Waals surface area contributed by atoms with Crippen molar-refractivity contribution >= 4 is 0 Å². The Bertz CT molecular complexity index is 235. The Hall–Kier alpha value is -0.0800. The maximum atomic E-state index is 10.2. The number of ether oxygens (including phenoxy) is 1. The topological polar surface area (TPSA) is 29.5 Å². The zero-order chi connectivity index (χ0) is 13.8. The average molecular weight is 256 g/mol. The van der Waals surface area contributed by atoms with Gasteiger partial charge in [-0.15, -0.1) is 0 Å². The van der Waals surface area contributed by atoms with E-state index in [1.807, 2.05) is 6.92 Å². The molecule has 2 nitrogen and oxygen atoms in total. The molecule has 108 valence electrons. The van der Waals surface area contributed by atoms with E-state index in [9.17, 15) is 5.11 Å². The maximum Gasteiger partial charge on any atom is 0.0852 e. The Labute approximate surface area is 113 Å². The zero-order valence-electron chi connectivity index (χ0n) is 12.9. The van der Waals surface area contributed by atoms with E-state index in [-0.39, 0.29) is 0 Å². The summed E-state index contributed by atoms with van der Waals surface area (Å²) in [6, 6.07) is 0. The van der Waals surface area contributed by atoms with E-state index in [0.717, 1.165) is 25.2 Å². The van der Waals surface area contributed by atoms with Crippen LogP contribution in [0.25, 0.3) is 0 Å². The van der Waals surface area contributed by atoms with Crippen molar-refractivity contribution in [3.63, 3.8) is 0 Å². The molecule has 0 amide bonds. The molecular weight excluding hydrogens is 224 g/mol. The highest BCUT2D eigenvalue weighted by Crippen LogP contribution is 2.35. The Morgan fingerprint density at radius 3 is 2.56 bits per heavy atom. The van der Waals surface area contributed by atoms with E-state index in [1.54, 1.807) is 0 Å². The van der Waals surface area contributed by atoms with Crippen LogP contribution in [0, 0.1) is 17.8 Å². The minimum absolute atomic E-state index is 0.345. The van der Waals surface area contributed by atoms with Crippen LogP contribution in [0.1, 0.15) is 66.7 Å². The first-order valence-corrected chi connectivity index (χ1v) is 7.69. The fraction of sp³-hybridized carbons (Fsp3) is 1.00. The first-order valence-electron chi connectivity index (χ1n) is 7.69. The lowest BCUT2D eigenvalue weighted by Gasteiger charge is -2.38. The van der Waals surface area contributed by atoms with Crippen LogP contribution >= 0.6 is 0 Å². The Morgan fingerprint density at radius 2 is 2.00 bits per heavy atom. The predicted molar refractivity (Wildman–Crippen MR) is 76.6 cm³/mol. The molecule has 0 radical (unpaired) electrons. The summed E-state index contributed by atoms with van der Waals surface area (Å²) in [4.78, 5) is 0. The molecule has 0 aromatic rings. The van der Waals surface area contributed by atoms with E-state index in [1.165, 1.54) is 12.8 Å². The highest BCUT2D eigenvalue weighted by Gasteiger charge is 2.33. The SMILES string of the molecule is CCCC(C)(O)COC1CC(C)CCC1C(C)C. The van der Waals surface area contributed by atoms with Crippen LogP contribution in [0.3, 0.4) is 0 Å². The molecule has 1 aliphatic carbocycles. The summed E-state index contributed by atoms with van der Waals surface area (Å²) >= 11 is 0. The normalized spacial score (nSPS) is 32.5. The van der Waals surface area contributed by atoms with Crippen molar-refractivity contribution in [3.8, 4) is 0 Å². The summed E-state index contributed by atoms with van der Waals surface area (Å²) in [5, 5.41) is 10.2. The Morgan fingerprint density at radius 1 is 1.33 bits per heavy atom. The molecule has 1 N–H and O–H groups in total. The van der Waals surface area contributed by atoms with Crippen LogP contribution in [-0.4, -0.2) is 23.4 Å². The first kappa shape index (κ1) is 16.0. The highest BCUT2D eigenvalue weighted by atomic mass is 16.5. The van der Waals surface area contributed by atoms with Crippen molar-refractivity contribution in [1.82, 2.24) is 0 Å². The fourth-order valence-corrected chi connectivity index (χ4v) is 3.20. The van der Waals surface area contributed by atoms with Gasteiger partial charge in [0.2, 0.25) is 0 Å². The molecule has 0 aromatic carbocycles. The summed E-state index contributed by atoms with van der Waals surface area (Å²) in [6.07, 6.45) is 5.93. The summed E-state index contributed by atoms with van der Waals surface area (Å²) < 4.78 is 6.09. The minimum Gasteiger partial charge on any atom is -0.388 e. The summed E-state index contributed by atoms with van der Waals surface area (Å²) in [7, 11) is 0. The number of hydrogen-bond acceptors (Lipinski definition) is 2. The van der Waals surface area contributed by atoms with Crippen LogP contribution in [-0.2, 0) is 4.74 Å². The van der Waals surface area contributed by atoms with Crippen LogP contribution in [0.15, 0.2) is 0 Å². The van der Waals surface area contributed by atoms with Gasteiger partial charge in [-0.25, -0.2) is 0 Å². The average Bonchev–Trinajstić information content (AvgIpc) is 2.26. The molecule has 1 aliphatic rings. The Kier molecular flexibility index (Phi) is 6.13. The lowest BCUT2D eigenvalue weighted by atomic mass is 9.75. The van der Waals surface area contributed by atoms with E-state index in [4.69, 9.17) is 4.74 Å². The second kappa shape index (κ2) is 6.91. The number of hydrogen-bond donors (Lipinski definition) is 1. The number of rotatable bonds is 6. The van der Waals surface area contributed by atoms with Crippen molar-refractivity contribution in [2.24, 2.45) is 17.8 Å². The van der Waals surface area contributed by atoms with Crippen LogP contribution in [0.5, 0.6) is 0 Å². The molecule has 0 heterocycles. The molecular formula is C16H32O2. The molecule has 0 spiro atoms. The molecule has 4 unspecified atom stereocenters. The largest absolute Gasteiger partial charge is 0.388 e. The molecule has 18 heavy (non-hydrogen) atoms. The van der Waals surface area contributed by atoms with Gasteiger partial charge in [0.25, 0.3) is 0 Å². The second-order valence-electron chi connectivity index (χ2n) is 6.92. The van der Waals surface area contributed by atoms with Crippen molar-refractivity contribution in [3.05, 3.63) is 0 Å². The van der Waals surface area contributed by atoms with Crippen molar-refractivity contribution in [1.29, 1.82) is 0 Å². The van der Waals surface area contributed by atoms with Gasteiger partial charge in [-0.3, -0.25) is 0 Å². The monoisotopic (exact) mass is 256 g/mol. The highest BCUT2D eigenvalue weighted by molar-refractivity contribution is 4.82. The van der Waals surface area contributed by atoms with Gasteiger partial charge in [-0.2, -0.15) is 0 Å². The van der Waals surface area contributed by atoms with Gasteiger partial charge < -0.3 is 9.84 Å². The zero-order valence-corrected chi connectivity index (χ0v) is 12.9. The van der Waals surface area contributed by atoms with Crippen molar-refractivity contribution in [2.45, 2.75) is 78.4 Å². The second-order valence-corrected chi connectivity index (χ2v) is 6.92. The van der Waals surface area contributed by atoms with E-state index < -0.39 is 5.60 Å². The molecule has 1 fully saturated rings. The molecule has 0 aliphatic heterocycles. The maximum absolute atomic E-state index is 10.2. The quantitative estimate of drug-likeness (QED) is 0.778. The predicted octanol–water partition coefficient (Wildman–Crippen LogP) is 4.01. The van der Waals surface area contributed by atoms with Gasteiger partial charge in [0.05, 0.1) is 18.3 Å². The van der Waals surface area contributed by atoms with E-state index in [0.29, 0.717) is 24.5 Å². The lowest BCUT2D eigenvalue weighted by Crippen LogP contribution is -2.39. The van der Waals surface area contributed by atoms with Gasteiger partial charge >= 0.3 is 0 Å². The molecule has 1 saturated carbocycles. The molecule has 2 heteroatoms.